The largest absolute Gasteiger partial charge is 0.374 e. The molecule has 0 bridgehead atoms. The normalized spacial score (nSPS) is 9.47. The number of carbonyl (C=O) groups is 1. The van der Waals surface area contributed by atoms with E-state index in [0.717, 1.165) is 6.07 Å². The molecule has 0 aliphatic rings. The molecule has 0 aliphatic heterocycles. The van der Waals surface area contributed by atoms with Crippen LogP contribution in [0.1, 0.15) is 6.42 Å². The summed E-state index contributed by atoms with van der Waals surface area (Å²) in [6, 6.07) is 6.05. The van der Waals surface area contributed by atoms with Gasteiger partial charge in [0, 0.05) is 11.6 Å². The molecular formula is C11H11ClFN3O. The second-order valence-corrected chi connectivity index (χ2v) is 3.67. The van der Waals surface area contributed by atoms with Crippen molar-refractivity contribution in [2.75, 3.05) is 18.4 Å². The molecule has 0 aliphatic carbocycles. The van der Waals surface area contributed by atoms with Crippen LogP contribution < -0.4 is 10.6 Å². The highest BCUT2D eigenvalue weighted by atomic mass is 35.5. The lowest BCUT2D eigenvalue weighted by Gasteiger charge is -2.07. The van der Waals surface area contributed by atoms with E-state index >= 15 is 0 Å². The third-order valence-electron chi connectivity index (χ3n) is 1.93. The lowest BCUT2D eigenvalue weighted by atomic mass is 10.3. The predicted molar refractivity (Wildman–Crippen MR) is 63.1 cm³/mol. The summed E-state index contributed by atoms with van der Waals surface area (Å²) in [5.41, 5.74) is 0.213. The van der Waals surface area contributed by atoms with Crippen LogP contribution in [0, 0.1) is 17.1 Å². The zero-order valence-electron chi connectivity index (χ0n) is 8.96. The highest BCUT2D eigenvalue weighted by Gasteiger charge is 2.04. The van der Waals surface area contributed by atoms with Gasteiger partial charge in [-0.05, 0) is 18.2 Å². The van der Waals surface area contributed by atoms with Crippen LogP contribution in [0.5, 0.6) is 0 Å². The molecule has 0 heterocycles. The van der Waals surface area contributed by atoms with Crippen LogP contribution in [0.2, 0.25) is 5.02 Å². The number of halogens is 2. The van der Waals surface area contributed by atoms with Crippen LogP contribution in [0.3, 0.4) is 0 Å². The second kappa shape index (κ2) is 6.71. The molecular weight excluding hydrogens is 245 g/mol. The molecule has 0 radical (unpaired) electrons. The topological polar surface area (TPSA) is 64.9 Å². The van der Waals surface area contributed by atoms with Gasteiger partial charge in [0.1, 0.15) is 5.82 Å². The molecule has 17 heavy (non-hydrogen) atoms. The molecule has 90 valence electrons. The molecule has 1 aromatic carbocycles. The quantitative estimate of drug-likeness (QED) is 0.790. The van der Waals surface area contributed by atoms with Crippen molar-refractivity contribution in [3.63, 3.8) is 0 Å². The fraction of sp³-hybridized carbons (Fsp3) is 0.273. The zero-order chi connectivity index (χ0) is 12.7. The SMILES string of the molecule is N#CCCNC(=O)CNc1ccc(Cl)cc1F. The Balaban J connectivity index is 2.40. The maximum absolute atomic E-state index is 13.3. The van der Waals surface area contributed by atoms with Crippen LogP contribution in [0.15, 0.2) is 18.2 Å². The second-order valence-electron chi connectivity index (χ2n) is 3.24. The summed E-state index contributed by atoms with van der Waals surface area (Å²) in [5.74, 6) is -0.808. The maximum Gasteiger partial charge on any atom is 0.239 e. The molecule has 0 fully saturated rings. The summed E-state index contributed by atoms with van der Waals surface area (Å²) >= 11 is 5.59. The van der Waals surface area contributed by atoms with Crippen molar-refractivity contribution >= 4 is 23.2 Å². The van der Waals surface area contributed by atoms with Gasteiger partial charge in [0.2, 0.25) is 5.91 Å². The molecule has 0 atom stereocenters. The smallest absolute Gasteiger partial charge is 0.239 e. The number of carbonyl (C=O) groups excluding carboxylic acids is 1. The lowest BCUT2D eigenvalue weighted by Crippen LogP contribution is -2.30. The van der Waals surface area contributed by atoms with Gasteiger partial charge in [0.25, 0.3) is 0 Å². The Morgan fingerprint density at radius 2 is 2.29 bits per heavy atom. The molecule has 1 amide bonds. The van der Waals surface area contributed by atoms with E-state index in [2.05, 4.69) is 10.6 Å². The van der Waals surface area contributed by atoms with Crippen molar-refractivity contribution in [1.29, 1.82) is 5.26 Å². The summed E-state index contributed by atoms with van der Waals surface area (Å²) in [6.07, 6.45) is 0.251. The van der Waals surface area contributed by atoms with Crippen LogP contribution in [-0.2, 0) is 4.79 Å². The van der Waals surface area contributed by atoms with Crippen LogP contribution in [0.25, 0.3) is 0 Å². The molecule has 0 saturated carbocycles. The number of nitrogens with zero attached hydrogens (tertiary/aromatic N) is 1. The van der Waals surface area contributed by atoms with Crippen molar-refractivity contribution in [3.05, 3.63) is 29.0 Å². The minimum Gasteiger partial charge on any atom is -0.374 e. The first kappa shape index (κ1) is 13.3. The summed E-state index contributed by atoms with van der Waals surface area (Å²) in [7, 11) is 0. The number of hydrogen-bond donors (Lipinski definition) is 2. The Labute approximate surface area is 103 Å². The predicted octanol–water partition coefficient (Wildman–Crippen LogP) is 1.92. The number of amides is 1. The minimum absolute atomic E-state index is 0.0516. The Bertz CT molecular complexity index is 445. The molecule has 4 nitrogen and oxygen atoms in total. The van der Waals surface area contributed by atoms with Gasteiger partial charge in [-0.15, -0.1) is 0 Å². The molecule has 6 heteroatoms. The number of benzene rings is 1. The Morgan fingerprint density at radius 3 is 2.94 bits per heavy atom. The van der Waals surface area contributed by atoms with E-state index in [1.54, 1.807) is 0 Å². The zero-order valence-corrected chi connectivity index (χ0v) is 9.72. The number of anilines is 1. The Hall–Kier alpha value is -1.80. The van der Waals surface area contributed by atoms with Gasteiger partial charge in [-0.3, -0.25) is 4.79 Å². The van der Waals surface area contributed by atoms with E-state index in [0.29, 0.717) is 11.6 Å². The lowest BCUT2D eigenvalue weighted by molar-refractivity contribution is -0.119. The fourth-order valence-corrected chi connectivity index (χ4v) is 1.29. The van der Waals surface area contributed by atoms with E-state index < -0.39 is 5.82 Å². The summed E-state index contributed by atoms with van der Waals surface area (Å²) in [5, 5.41) is 13.7. The molecule has 0 spiro atoms. The molecule has 0 unspecified atom stereocenters. The average Bonchev–Trinajstić information content (AvgIpc) is 2.28. The highest BCUT2D eigenvalue weighted by Crippen LogP contribution is 2.18. The summed E-state index contributed by atoms with van der Waals surface area (Å²) in [4.78, 5) is 11.2. The first-order valence-electron chi connectivity index (χ1n) is 4.96. The first-order valence-corrected chi connectivity index (χ1v) is 5.34. The van der Waals surface area contributed by atoms with Gasteiger partial charge in [-0.25, -0.2) is 4.39 Å². The number of rotatable bonds is 5. The van der Waals surface area contributed by atoms with Crippen LogP contribution in [-0.4, -0.2) is 19.0 Å². The van der Waals surface area contributed by atoms with Crippen molar-refractivity contribution in [1.82, 2.24) is 5.32 Å². The molecule has 1 aromatic rings. The Morgan fingerprint density at radius 1 is 1.53 bits per heavy atom. The monoisotopic (exact) mass is 255 g/mol. The van der Waals surface area contributed by atoms with Gasteiger partial charge in [-0.2, -0.15) is 5.26 Å². The minimum atomic E-state index is -0.512. The number of nitriles is 1. The summed E-state index contributed by atoms with van der Waals surface area (Å²) in [6.45, 7) is 0.240. The third kappa shape index (κ3) is 4.70. The molecule has 0 saturated heterocycles. The summed E-state index contributed by atoms with van der Waals surface area (Å²) < 4.78 is 13.3. The third-order valence-corrected chi connectivity index (χ3v) is 2.16. The molecule has 1 rings (SSSR count). The van der Waals surface area contributed by atoms with Gasteiger partial charge in [0.15, 0.2) is 0 Å². The van der Waals surface area contributed by atoms with Crippen LogP contribution in [0.4, 0.5) is 10.1 Å². The number of nitrogens with one attached hydrogen (secondary N) is 2. The van der Waals surface area contributed by atoms with Crippen molar-refractivity contribution in [3.8, 4) is 6.07 Å². The van der Waals surface area contributed by atoms with E-state index in [4.69, 9.17) is 16.9 Å². The van der Waals surface area contributed by atoms with Crippen molar-refractivity contribution < 1.29 is 9.18 Å². The first-order chi connectivity index (χ1) is 8.13. The van der Waals surface area contributed by atoms with E-state index in [1.165, 1.54) is 12.1 Å². The fourth-order valence-electron chi connectivity index (χ4n) is 1.13. The number of hydrogen-bond acceptors (Lipinski definition) is 3. The standard InChI is InChI=1S/C11H11ClFN3O/c12-8-2-3-10(9(13)6-8)16-7-11(17)15-5-1-4-14/h2-3,6,16H,1,5,7H2,(H,15,17). The van der Waals surface area contributed by atoms with Gasteiger partial charge >= 0.3 is 0 Å². The van der Waals surface area contributed by atoms with E-state index in [-0.39, 0.29) is 24.6 Å². The van der Waals surface area contributed by atoms with Crippen LogP contribution >= 0.6 is 11.6 Å². The molecule has 0 aromatic heterocycles. The van der Waals surface area contributed by atoms with Crippen molar-refractivity contribution in [2.24, 2.45) is 0 Å². The van der Waals surface area contributed by atoms with E-state index in [1.807, 2.05) is 6.07 Å². The van der Waals surface area contributed by atoms with E-state index in [9.17, 15) is 9.18 Å². The molecule has 2 N–H and O–H groups in total. The van der Waals surface area contributed by atoms with Gasteiger partial charge in [-0.1, -0.05) is 11.6 Å². The van der Waals surface area contributed by atoms with Gasteiger partial charge in [0.05, 0.1) is 24.7 Å². The van der Waals surface area contributed by atoms with Crippen molar-refractivity contribution in [2.45, 2.75) is 6.42 Å². The highest BCUT2D eigenvalue weighted by molar-refractivity contribution is 6.30. The Kier molecular flexibility index (Phi) is 5.24. The maximum atomic E-state index is 13.3. The average molecular weight is 256 g/mol. The van der Waals surface area contributed by atoms with Gasteiger partial charge < -0.3 is 10.6 Å².